The van der Waals surface area contributed by atoms with Crippen LogP contribution >= 0.6 is 0 Å². The van der Waals surface area contributed by atoms with Crippen molar-refractivity contribution in [2.75, 3.05) is 6.61 Å². The van der Waals surface area contributed by atoms with Crippen LogP contribution in [0.5, 0.6) is 0 Å². The Morgan fingerprint density at radius 1 is 1.38 bits per heavy atom. The topological polar surface area (TPSA) is 66.4 Å². The van der Waals surface area contributed by atoms with Crippen LogP contribution in [0.2, 0.25) is 0 Å². The van der Waals surface area contributed by atoms with Gasteiger partial charge in [-0.3, -0.25) is 0 Å². The molecule has 1 rings (SSSR count). The normalized spacial score (nSPS) is 14.1. The number of aliphatic hydroxyl groups excluding tert-OH is 1. The van der Waals surface area contributed by atoms with E-state index in [1.807, 2.05) is 30.3 Å². The molecule has 1 aromatic rings. The summed E-state index contributed by atoms with van der Waals surface area (Å²) in [5, 5.41) is 9.47. The molecular formula is C11H15NO3S. The highest BCUT2D eigenvalue weighted by atomic mass is 32.2. The van der Waals surface area contributed by atoms with Crippen LogP contribution in [0.25, 0.3) is 0 Å². The average molecular weight is 241 g/mol. The van der Waals surface area contributed by atoms with Gasteiger partial charge in [0.05, 0.1) is 6.61 Å². The first-order chi connectivity index (χ1) is 7.55. The molecule has 0 amide bonds. The molecule has 1 aromatic carbocycles. The van der Waals surface area contributed by atoms with Crippen LogP contribution < -0.4 is 4.72 Å². The Morgan fingerprint density at radius 2 is 2.00 bits per heavy atom. The zero-order valence-electron chi connectivity index (χ0n) is 9.00. The van der Waals surface area contributed by atoms with Crippen molar-refractivity contribution in [3.05, 3.63) is 47.4 Å². The van der Waals surface area contributed by atoms with E-state index in [-0.39, 0.29) is 12.6 Å². The molecule has 88 valence electrons. The molecule has 0 aromatic heterocycles. The van der Waals surface area contributed by atoms with Gasteiger partial charge in [-0.15, -0.1) is 0 Å². The van der Waals surface area contributed by atoms with E-state index < -0.39 is 10.0 Å². The van der Waals surface area contributed by atoms with Crippen LogP contribution in [-0.4, -0.2) is 20.1 Å². The number of sulfonamides is 1. The highest BCUT2D eigenvalue weighted by Crippen LogP contribution is 2.12. The molecule has 0 aliphatic heterocycles. The van der Waals surface area contributed by atoms with Crippen LogP contribution in [-0.2, 0) is 10.0 Å². The van der Waals surface area contributed by atoms with Crippen molar-refractivity contribution in [3.8, 4) is 0 Å². The van der Waals surface area contributed by atoms with E-state index in [0.29, 0.717) is 0 Å². The molecule has 2 N–H and O–H groups in total. The van der Waals surface area contributed by atoms with Crippen molar-refractivity contribution < 1.29 is 13.5 Å². The molecule has 0 radical (unpaired) electrons. The number of nitrogens with one attached hydrogen (secondary N) is 1. The Labute approximate surface area is 95.7 Å². The summed E-state index contributed by atoms with van der Waals surface area (Å²) in [4.78, 5) is 0. The van der Waals surface area contributed by atoms with Crippen molar-refractivity contribution in [2.45, 2.75) is 13.0 Å². The van der Waals surface area contributed by atoms with Gasteiger partial charge in [-0.2, -0.15) is 0 Å². The van der Waals surface area contributed by atoms with Crippen LogP contribution in [0, 0.1) is 0 Å². The van der Waals surface area contributed by atoms with E-state index in [2.05, 4.69) is 4.72 Å². The SMILES string of the molecule is C[C@H](NS(=O)(=O)C=CCO)c1ccccc1. The lowest BCUT2D eigenvalue weighted by Crippen LogP contribution is -2.24. The van der Waals surface area contributed by atoms with Crippen molar-refractivity contribution in [1.82, 2.24) is 4.72 Å². The lowest BCUT2D eigenvalue weighted by Gasteiger charge is -2.12. The van der Waals surface area contributed by atoms with Gasteiger partial charge in [-0.05, 0) is 18.6 Å². The third-order valence-electron chi connectivity index (χ3n) is 2.02. The molecule has 0 bridgehead atoms. The molecule has 1 atom stereocenters. The zero-order valence-corrected chi connectivity index (χ0v) is 9.81. The van der Waals surface area contributed by atoms with Crippen LogP contribution in [0.3, 0.4) is 0 Å². The molecule has 0 aliphatic rings. The van der Waals surface area contributed by atoms with E-state index in [1.165, 1.54) is 6.08 Å². The number of aliphatic hydroxyl groups is 1. The first-order valence-electron chi connectivity index (χ1n) is 4.90. The quantitative estimate of drug-likeness (QED) is 0.813. The largest absolute Gasteiger partial charge is 0.392 e. The predicted octanol–water partition coefficient (Wildman–Crippen LogP) is 1.17. The van der Waals surface area contributed by atoms with E-state index in [1.54, 1.807) is 6.92 Å². The summed E-state index contributed by atoms with van der Waals surface area (Å²) in [6, 6.07) is 8.98. The van der Waals surface area contributed by atoms with Gasteiger partial charge in [-0.1, -0.05) is 30.3 Å². The minimum absolute atomic E-state index is 0.291. The maximum atomic E-state index is 11.5. The van der Waals surface area contributed by atoms with Crippen molar-refractivity contribution in [3.63, 3.8) is 0 Å². The van der Waals surface area contributed by atoms with Gasteiger partial charge in [0.1, 0.15) is 0 Å². The molecule has 0 spiro atoms. The first kappa shape index (κ1) is 12.9. The van der Waals surface area contributed by atoms with Crippen molar-refractivity contribution in [2.24, 2.45) is 0 Å². The van der Waals surface area contributed by atoms with E-state index in [4.69, 9.17) is 5.11 Å². The van der Waals surface area contributed by atoms with Gasteiger partial charge in [0.25, 0.3) is 0 Å². The number of hydrogen-bond donors (Lipinski definition) is 2. The third kappa shape index (κ3) is 4.14. The standard InChI is InChI=1S/C11H15NO3S/c1-10(11-6-3-2-4-7-11)12-16(14,15)9-5-8-13/h2-7,9-10,12-13H,8H2,1H3/t10-/m0/s1. The second-order valence-corrected chi connectivity index (χ2v) is 4.95. The van der Waals surface area contributed by atoms with Gasteiger partial charge in [0.15, 0.2) is 0 Å². The van der Waals surface area contributed by atoms with E-state index in [9.17, 15) is 8.42 Å². The van der Waals surface area contributed by atoms with E-state index in [0.717, 1.165) is 11.0 Å². The molecule has 0 saturated heterocycles. The molecule has 4 nitrogen and oxygen atoms in total. The Kier molecular flexibility index (Phi) is 4.67. The predicted molar refractivity (Wildman–Crippen MR) is 63.1 cm³/mol. The number of rotatable bonds is 5. The molecule has 0 saturated carbocycles. The highest BCUT2D eigenvalue weighted by molar-refractivity contribution is 7.92. The Hall–Kier alpha value is -1.17. The summed E-state index contributed by atoms with van der Waals surface area (Å²) >= 11 is 0. The fourth-order valence-electron chi connectivity index (χ4n) is 1.27. The maximum absolute atomic E-state index is 11.5. The van der Waals surface area contributed by atoms with Crippen LogP contribution in [0.1, 0.15) is 18.5 Å². The molecule has 0 unspecified atom stereocenters. The van der Waals surface area contributed by atoms with Crippen LogP contribution in [0.15, 0.2) is 41.8 Å². The van der Waals surface area contributed by atoms with E-state index >= 15 is 0 Å². The fourth-order valence-corrected chi connectivity index (χ4v) is 2.31. The number of hydrogen-bond acceptors (Lipinski definition) is 3. The number of benzene rings is 1. The van der Waals surface area contributed by atoms with Gasteiger partial charge >= 0.3 is 0 Å². The molecule has 0 fully saturated rings. The van der Waals surface area contributed by atoms with Gasteiger partial charge in [0, 0.05) is 11.4 Å². The summed E-state index contributed by atoms with van der Waals surface area (Å²) in [6.07, 6.45) is 1.18. The highest BCUT2D eigenvalue weighted by Gasteiger charge is 2.11. The van der Waals surface area contributed by atoms with Crippen molar-refractivity contribution in [1.29, 1.82) is 0 Å². The average Bonchev–Trinajstić information content (AvgIpc) is 2.27. The van der Waals surface area contributed by atoms with Gasteiger partial charge in [-0.25, -0.2) is 13.1 Å². The van der Waals surface area contributed by atoms with Gasteiger partial charge in [0.2, 0.25) is 10.0 Å². The maximum Gasteiger partial charge on any atom is 0.234 e. The third-order valence-corrected chi connectivity index (χ3v) is 3.25. The zero-order chi connectivity index (χ0) is 12.0. The summed E-state index contributed by atoms with van der Waals surface area (Å²) in [6.45, 7) is 1.47. The summed E-state index contributed by atoms with van der Waals surface area (Å²) in [5.74, 6) is 0. The molecular weight excluding hydrogens is 226 g/mol. The Bertz CT molecular complexity index is 440. The Morgan fingerprint density at radius 3 is 2.56 bits per heavy atom. The van der Waals surface area contributed by atoms with Gasteiger partial charge < -0.3 is 5.11 Å². The smallest absolute Gasteiger partial charge is 0.234 e. The second kappa shape index (κ2) is 5.79. The molecule has 0 heterocycles. The molecule has 16 heavy (non-hydrogen) atoms. The summed E-state index contributed by atoms with van der Waals surface area (Å²) in [7, 11) is -3.48. The Balaban J connectivity index is 2.72. The monoisotopic (exact) mass is 241 g/mol. The van der Waals surface area contributed by atoms with Crippen molar-refractivity contribution >= 4 is 10.0 Å². The second-order valence-electron chi connectivity index (χ2n) is 3.35. The molecule has 0 aliphatic carbocycles. The minimum Gasteiger partial charge on any atom is -0.392 e. The molecule has 5 heteroatoms. The summed E-state index contributed by atoms with van der Waals surface area (Å²) < 4.78 is 25.4. The fraction of sp³-hybridized carbons (Fsp3) is 0.273. The minimum atomic E-state index is -3.48. The van der Waals surface area contributed by atoms with Crippen LogP contribution in [0.4, 0.5) is 0 Å². The lowest BCUT2D eigenvalue weighted by molar-refractivity contribution is 0.343. The lowest BCUT2D eigenvalue weighted by atomic mass is 10.1. The first-order valence-corrected chi connectivity index (χ1v) is 6.44. The summed E-state index contributed by atoms with van der Waals surface area (Å²) in [5.41, 5.74) is 0.892.